The third-order valence-corrected chi connectivity index (χ3v) is 5.44. The fraction of sp³-hybridized carbons (Fsp3) is 0.238. The maximum atomic E-state index is 12.3. The van der Waals surface area contributed by atoms with Gasteiger partial charge < -0.3 is 10.1 Å². The largest absolute Gasteiger partial charge is 0.486 e. The molecule has 2 aromatic heterocycles. The van der Waals surface area contributed by atoms with Crippen molar-refractivity contribution in [3.63, 3.8) is 0 Å². The van der Waals surface area contributed by atoms with Crippen LogP contribution < -0.4 is 10.1 Å². The van der Waals surface area contributed by atoms with E-state index >= 15 is 0 Å². The molecular weight excluding hydrogens is 422 g/mol. The maximum Gasteiger partial charge on any atom is 0.234 e. The van der Waals surface area contributed by atoms with Crippen molar-refractivity contribution in [1.82, 2.24) is 19.7 Å². The van der Waals surface area contributed by atoms with Gasteiger partial charge in [-0.1, -0.05) is 48.5 Å². The lowest BCUT2D eigenvalue weighted by atomic mass is 10.2. The predicted octanol–water partition coefficient (Wildman–Crippen LogP) is 4.38. The first-order valence-corrected chi connectivity index (χ1v) is 10.7. The number of amides is 1. The SMILES string of the molecule is C=CCn1c(COc2ccc(CC)cc2)nnc1SCC(=O)Nc1cccnc1Cl. The highest BCUT2D eigenvalue weighted by Gasteiger charge is 2.15. The van der Waals surface area contributed by atoms with Crippen LogP contribution in [0.5, 0.6) is 5.75 Å². The number of nitrogens with zero attached hydrogens (tertiary/aromatic N) is 4. The molecule has 0 aliphatic heterocycles. The number of hydrogen-bond donors (Lipinski definition) is 1. The van der Waals surface area contributed by atoms with Crippen LogP contribution in [0.15, 0.2) is 60.4 Å². The van der Waals surface area contributed by atoms with E-state index in [0.717, 1.165) is 12.2 Å². The van der Waals surface area contributed by atoms with Crippen molar-refractivity contribution in [3.05, 3.63) is 71.8 Å². The van der Waals surface area contributed by atoms with Crippen molar-refractivity contribution in [2.24, 2.45) is 0 Å². The fourth-order valence-electron chi connectivity index (χ4n) is 2.61. The van der Waals surface area contributed by atoms with Crippen LogP contribution >= 0.6 is 23.4 Å². The number of benzene rings is 1. The summed E-state index contributed by atoms with van der Waals surface area (Å²) in [6.07, 6.45) is 4.30. The standard InChI is InChI=1S/C21H22ClN5O2S/c1-3-12-27-18(13-29-16-9-7-15(4-2)8-10-16)25-26-21(27)30-14-19(28)24-17-6-5-11-23-20(17)22/h3,5-11H,1,4,12-14H2,2H3,(H,24,28). The van der Waals surface area contributed by atoms with Crippen LogP contribution in [0.25, 0.3) is 0 Å². The minimum Gasteiger partial charge on any atom is -0.486 e. The number of carbonyl (C=O) groups is 1. The lowest BCUT2D eigenvalue weighted by Crippen LogP contribution is -2.15. The number of hydrogen-bond acceptors (Lipinski definition) is 6. The average molecular weight is 444 g/mol. The van der Waals surface area contributed by atoms with Crippen LogP contribution in [0.1, 0.15) is 18.3 Å². The molecule has 7 nitrogen and oxygen atoms in total. The molecule has 1 aromatic carbocycles. The van der Waals surface area contributed by atoms with Crippen LogP contribution in [0, 0.1) is 0 Å². The van der Waals surface area contributed by atoms with Gasteiger partial charge in [-0.25, -0.2) is 4.98 Å². The molecule has 9 heteroatoms. The second-order valence-electron chi connectivity index (χ2n) is 6.26. The number of nitrogens with one attached hydrogen (secondary N) is 1. The molecule has 0 atom stereocenters. The van der Waals surface area contributed by atoms with Gasteiger partial charge in [0.1, 0.15) is 12.4 Å². The lowest BCUT2D eigenvalue weighted by molar-refractivity contribution is -0.113. The molecule has 1 amide bonds. The van der Waals surface area contributed by atoms with Gasteiger partial charge in [0, 0.05) is 12.7 Å². The van der Waals surface area contributed by atoms with E-state index in [1.54, 1.807) is 24.4 Å². The number of carbonyl (C=O) groups excluding carboxylic acids is 1. The lowest BCUT2D eigenvalue weighted by Gasteiger charge is -2.10. The van der Waals surface area contributed by atoms with E-state index in [-0.39, 0.29) is 23.4 Å². The Morgan fingerprint density at radius 1 is 1.30 bits per heavy atom. The van der Waals surface area contributed by atoms with Crippen molar-refractivity contribution in [2.45, 2.75) is 31.7 Å². The average Bonchev–Trinajstić information content (AvgIpc) is 3.14. The van der Waals surface area contributed by atoms with E-state index in [4.69, 9.17) is 16.3 Å². The Hall–Kier alpha value is -2.84. The molecule has 156 valence electrons. The highest BCUT2D eigenvalue weighted by molar-refractivity contribution is 7.99. The molecule has 0 unspecified atom stereocenters. The van der Waals surface area contributed by atoms with Crippen LogP contribution in [0.3, 0.4) is 0 Å². The zero-order valence-corrected chi connectivity index (χ0v) is 18.1. The first-order valence-electron chi connectivity index (χ1n) is 9.38. The number of halogens is 1. The van der Waals surface area contributed by atoms with Crippen molar-refractivity contribution >= 4 is 35.0 Å². The molecule has 3 aromatic rings. The maximum absolute atomic E-state index is 12.3. The number of anilines is 1. The summed E-state index contributed by atoms with van der Waals surface area (Å²) < 4.78 is 7.72. The highest BCUT2D eigenvalue weighted by atomic mass is 35.5. The van der Waals surface area contributed by atoms with Crippen LogP contribution in [-0.2, 0) is 24.4 Å². The molecule has 0 spiro atoms. The second kappa shape index (κ2) is 10.8. The first-order chi connectivity index (χ1) is 14.6. The van der Waals surface area contributed by atoms with E-state index in [0.29, 0.717) is 23.2 Å². The van der Waals surface area contributed by atoms with Crippen LogP contribution in [-0.4, -0.2) is 31.4 Å². The predicted molar refractivity (Wildman–Crippen MR) is 119 cm³/mol. The molecule has 30 heavy (non-hydrogen) atoms. The summed E-state index contributed by atoms with van der Waals surface area (Å²) in [5, 5.41) is 12.0. The molecule has 0 bridgehead atoms. The zero-order chi connectivity index (χ0) is 21.3. The third-order valence-electron chi connectivity index (χ3n) is 4.17. The van der Waals surface area contributed by atoms with Crippen molar-refractivity contribution in [1.29, 1.82) is 0 Å². The normalized spacial score (nSPS) is 10.6. The van der Waals surface area contributed by atoms with Gasteiger partial charge in [0.15, 0.2) is 16.1 Å². The minimum atomic E-state index is -0.211. The number of thioether (sulfide) groups is 1. The quantitative estimate of drug-likeness (QED) is 0.284. The number of allylic oxidation sites excluding steroid dienone is 1. The van der Waals surface area contributed by atoms with E-state index in [1.165, 1.54) is 17.3 Å². The minimum absolute atomic E-state index is 0.153. The van der Waals surface area contributed by atoms with E-state index in [1.807, 2.05) is 28.8 Å². The Bertz CT molecular complexity index is 1010. The Morgan fingerprint density at radius 3 is 2.80 bits per heavy atom. The number of ether oxygens (including phenoxy) is 1. The molecular formula is C21H22ClN5O2S. The molecule has 0 aliphatic carbocycles. The monoisotopic (exact) mass is 443 g/mol. The van der Waals surface area contributed by atoms with Gasteiger partial charge in [0.2, 0.25) is 5.91 Å². The van der Waals surface area contributed by atoms with Gasteiger partial charge in [0.05, 0.1) is 11.4 Å². The van der Waals surface area contributed by atoms with Gasteiger partial charge in [-0.05, 0) is 36.2 Å². The molecule has 0 saturated carbocycles. The number of aryl methyl sites for hydroxylation is 1. The van der Waals surface area contributed by atoms with E-state index in [9.17, 15) is 4.79 Å². The summed E-state index contributed by atoms with van der Waals surface area (Å²) in [7, 11) is 0. The third kappa shape index (κ3) is 5.84. The summed E-state index contributed by atoms with van der Waals surface area (Å²) >= 11 is 7.25. The summed E-state index contributed by atoms with van der Waals surface area (Å²) in [5.74, 6) is 1.37. The highest BCUT2D eigenvalue weighted by Crippen LogP contribution is 2.21. The van der Waals surface area contributed by atoms with Gasteiger partial charge >= 0.3 is 0 Å². The van der Waals surface area contributed by atoms with Crippen LogP contribution in [0.2, 0.25) is 5.15 Å². The Labute approximate surface area is 184 Å². The smallest absolute Gasteiger partial charge is 0.234 e. The molecule has 0 saturated heterocycles. The molecule has 0 aliphatic rings. The second-order valence-corrected chi connectivity index (χ2v) is 7.56. The molecule has 2 heterocycles. The fourth-order valence-corrected chi connectivity index (χ4v) is 3.54. The zero-order valence-electron chi connectivity index (χ0n) is 16.5. The Kier molecular flexibility index (Phi) is 7.87. The van der Waals surface area contributed by atoms with E-state index in [2.05, 4.69) is 34.0 Å². The topological polar surface area (TPSA) is 81.9 Å². The summed E-state index contributed by atoms with van der Waals surface area (Å²) in [5.41, 5.74) is 1.72. The number of pyridine rings is 1. The summed E-state index contributed by atoms with van der Waals surface area (Å²) in [4.78, 5) is 16.2. The van der Waals surface area contributed by atoms with Crippen LogP contribution in [0.4, 0.5) is 5.69 Å². The Balaban J connectivity index is 1.61. The van der Waals surface area contributed by atoms with Crippen molar-refractivity contribution in [3.8, 4) is 5.75 Å². The number of aromatic nitrogens is 4. The summed E-state index contributed by atoms with van der Waals surface area (Å²) in [6.45, 7) is 6.68. The molecule has 1 N–H and O–H groups in total. The Morgan fingerprint density at radius 2 is 2.10 bits per heavy atom. The molecule has 3 rings (SSSR count). The van der Waals surface area contributed by atoms with E-state index < -0.39 is 0 Å². The van der Waals surface area contributed by atoms with Crippen molar-refractivity contribution in [2.75, 3.05) is 11.1 Å². The van der Waals surface area contributed by atoms with Gasteiger partial charge in [-0.15, -0.1) is 16.8 Å². The van der Waals surface area contributed by atoms with Gasteiger partial charge in [0.25, 0.3) is 0 Å². The molecule has 0 radical (unpaired) electrons. The summed E-state index contributed by atoms with van der Waals surface area (Å²) in [6, 6.07) is 11.4. The molecule has 0 fully saturated rings. The van der Waals surface area contributed by atoms with Crippen molar-refractivity contribution < 1.29 is 9.53 Å². The number of rotatable bonds is 10. The van der Waals surface area contributed by atoms with Gasteiger partial charge in [-0.3, -0.25) is 9.36 Å². The van der Waals surface area contributed by atoms with Gasteiger partial charge in [-0.2, -0.15) is 0 Å². The first kappa shape index (κ1) is 21.9.